The minimum absolute atomic E-state index is 0.0122. The number of carbonyl (C=O) groups is 3. The predicted molar refractivity (Wildman–Crippen MR) is 137 cm³/mol. The molecule has 4 rings (SSSR count). The zero-order chi connectivity index (χ0) is 25.0. The van der Waals surface area contributed by atoms with Crippen molar-refractivity contribution in [2.45, 2.75) is 63.8 Å². The van der Waals surface area contributed by atoms with E-state index in [-0.39, 0.29) is 23.8 Å². The highest BCUT2D eigenvalue weighted by molar-refractivity contribution is 6.07. The van der Waals surface area contributed by atoms with Crippen LogP contribution in [0.15, 0.2) is 35.9 Å². The number of allylic oxidation sites excluding steroid dienone is 1. The zero-order valence-corrected chi connectivity index (χ0v) is 21.5. The minimum Gasteiger partial charge on any atom is -0.339 e. The highest BCUT2D eigenvalue weighted by Gasteiger charge is 2.56. The van der Waals surface area contributed by atoms with Crippen LogP contribution in [0.4, 0.5) is 4.79 Å². The molecule has 0 spiro atoms. The fourth-order valence-electron chi connectivity index (χ4n) is 5.85. The van der Waals surface area contributed by atoms with Crippen molar-refractivity contribution in [2.75, 3.05) is 40.3 Å². The molecule has 2 heterocycles. The smallest absolute Gasteiger partial charge is 0.325 e. The maximum atomic E-state index is 13.9. The maximum Gasteiger partial charge on any atom is 0.325 e. The number of aryl methyl sites for hydroxylation is 1. The van der Waals surface area contributed by atoms with Gasteiger partial charge in [0.1, 0.15) is 5.54 Å². The van der Waals surface area contributed by atoms with Gasteiger partial charge in [0.25, 0.3) is 5.91 Å². The Morgan fingerprint density at radius 2 is 1.89 bits per heavy atom. The summed E-state index contributed by atoms with van der Waals surface area (Å²) in [4.78, 5) is 45.5. The molecule has 3 aliphatic rings. The van der Waals surface area contributed by atoms with Crippen LogP contribution in [0.25, 0.3) is 0 Å². The maximum absolute atomic E-state index is 13.9. The molecule has 2 saturated heterocycles. The molecule has 0 bridgehead atoms. The number of hydrogen-bond acceptors (Lipinski definition) is 4. The summed E-state index contributed by atoms with van der Waals surface area (Å²) < 4.78 is 0. The average molecular weight is 481 g/mol. The molecule has 1 aliphatic carbocycles. The van der Waals surface area contributed by atoms with E-state index in [1.165, 1.54) is 4.90 Å². The summed E-state index contributed by atoms with van der Waals surface area (Å²) in [6, 6.07) is 7.81. The van der Waals surface area contributed by atoms with Gasteiger partial charge in [0, 0.05) is 31.6 Å². The summed E-state index contributed by atoms with van der Waals surface area (Å²) in [6.07, 6.45) is 8.85. The van der Waals surface area contributed by atoms with E-state index in [0.717, 1.165) is 55.3 Å². The third-order valence-electron chi connectivity index (χ3n) is 7.96. The van der Waals surface area contributed by atoms with Crippen LogP contribution in [0, 0.1) is 12.8 Å². The highest BCUT2D eigenvalue weighted by Crippen LogP contribution is 2.37. The number of piperidine rings is 1. The summed E-state index contributed by atoms with van der Waals surface area (Å²) in [5, 5.41) is 3.17. The molecular weight excluding hydrogens is 440 g/mol. The quantitative estimate of drug-likeness (QED) is 0.578. The Kier molecular flexibility index (Phi) is 7.95. The second-order valence-corrected chi connectivity index (χ2v) is 10.7. The van der Waals surface area contributed by atoms with Crippen molar-refractivity contribution in [1.82, 2.24) is 20.0 Å². The molecule has 7 nitrogen and oxygen atoms in total. The van der Waals surface area contributed by atoms with Crippen LogP contribution in [0.1, 0.15) is 56.1 Å². The second-order valence-electron chi connectivity index (χ2n) is 10.7. The number of amides is 4. The van der Waals surface area contributed by atoms with Gasteiger partial charge in [-0.05, 0) is 89.6 Å². The number of benzene rings is 1. The first-order valence-corrected chi connectivity index (χ1v) is 13.1. The normalized spacial score (nSPS) is 23.6. The Morgan fingerprint density at radius 1 is 1.14 bits per heavy atom. The standard InChI is InChI=1S/C28H40N4O3/c1-21-10-7-8-13-23(21)20-28(26(34)32(27(35)29-28)17-9-16-30(2)3)24-14-18-31(19-15-24)25(33)22-11-5-4-6-12-22/h7-8,10-11,13,24H,4-6,9,12,14-20H2,1-3H3,(H,29,35)/t28-/m1/s1. The summed E-state index contributed by atoms with van der Waals surface area (Å²) in [7, 11) is 3.99. The molecule has 0 aromatic heterocycles. The van der Waals surface area contributed by atoms with Gasteiger partial charge >= 0.3 is 6.03 Å². The molecule has 4 amide bonds. The molecule has 2 fully saturated rings. The van der Waals surface area contributed by atoms with Gasteiger partial charge in [0.05, 0.1) is 0 Å². The van der Waals surface area contributed by atoms with Crippen LogP contribution < -0.4 is 5.32 Å². The van der Waals surface area contributed by atoms with Crippen LogP contribution in [0.3, 0.4) is 0 Å². The van der Waals surface area contributed by atoms with Crippen LogP contribution in [0.5, 0.6) is 0 Å². The first-order valence-electron chi connectivity index (χ1n) is 13.1. The van der Waals surface area contributed by atoms with Crippen molar-refractivity contribution in [3.8, 4) is 0 Å². The largest absolute Gasteiger partial charge is 0.339 e. The van der Waals surface area contributed by atoms with E-state index in [0.29, 0.717) is 38.9 Å². The average Bonchev–Trinajstić information content (AvgIpc) is 3.10. The Labute approximate surface area is 209 Å². The Bertz CT molecular complexity index is 980. The third kappa shape index (κ3) is 5.45. The van der Waals surface area contributed by atoms with Gasteiger partial charge in [-0.25, -0.2) is 4.79 Å². The Morgan fingerprint density at radius 3 is 2.54 bits per heavy atom. The number of nitrogens with one attached hydrogen (secondary N) is 1. The van der Waals surface area contributed by atoms with E-state index in [2.05, 4.69) is 35.3 Å². The fourth-order valence-corrected chi connectivity index (χ4v) is 5.85. The predicted octanol–water partition coefficient (Wildman–Crippen LogP) is 3.52. The molecule has 0 unspecified atom stereocenters. The number of hydrogen-bond donors (Lipinski definition) is 1. The summed E-state index contributed by atoms with van der Waals surface area (Å²) >= 11 is 0. The molecule has 7 heteroatoms. The molecule has 2 aliphatic heterocycles. The molecule has 1 atom stereocenters. The monoisotopic (exact) mass is 480 g/mol. The van der Waals surface area contributed by atoms with Crippen LogP contribution in [-0.2, 0) is 16.0 Å². The van der Waals surface area contributed by atoms with Crippen molar-refractivity contribution >= 4 is 17.8 Å². The summed E-state index contributed by atoms with van der Waals surface area (Å²) in [5.74, 6) is 0.0364. The number of rotatable bonds is 8. The number of urea groups is 1. The van der Waals surface area contributed by atoms with Crippen molar-refractivity contribution in [2.24, 2.45) is 5.92 Å². The minimum atomic E-state index is -0.958. The lowest BCUT2D eigenvalue weighted by molar-refractivity contribution is -0.135. The fraction of sp³-hybridized carbons (Fsp3) is 0.607. The van der Waals surface area contributed by atoms with Crippen molar-refractivity contribution < 1.29 is 14.4 Å². The third-order valence-corrected chi connectivity index (χ3v) is 7.96. The van der Waals surface area contributed by atoms with Crippen molar-refractivity contribution in [1.29, 1.82) is 0 Å². The van der Waals surface area contributed by atoms with Gasteiger partial charge in [-0.3, -0.25) is 14.5 Å². The Balaban J connectivity index is 1.53. The van der Waals surface area contributed by atoms with E-state index in [9.17, 15) is 14.4 Å². The molecule has 1 aromatic carbocycles. The SMILES string of the molecule is Cc1ccccc1C[C@]1(C2CCN(C(=O)C3=CCCCC3)CC2)NC(=O)N(CCCN(C)C)C1=O. The lowest BCUT2D eigenvalue weighted by Gasteiger charge is -2.41. The molecule has 1 aromatic rings. The second kappa shape index (κ2) is 10.9. The lowest BCUT2D eigenvalue weighted by Crippen LogP contribution is -2.58. The van der Waals surface area contributed by atoms with Crippen molar-refractivity contribution in [3.63, 3.8) is 0 Å². The van der Waals surface area contributed by atoms with Crippen LogP contribution in [0.2, 0.25) is 0 Å². The molecule has 0 radical (unpaired) electrons. The molecule has 0 saturated carbocycles. The van der Waals surface area contributed by atoms with Gasteiger partial charge in [-0.1, -0.05) is 30.3 Å². The summed E-state index contributed by atoms with van der Waals surface area (Å²) in [5.41, 5.74) is 2.20. The van der Waals surface area contributed by atoms with E-state index >= 15 is 0 Å². The number of nitrogens with zero attached hydrogens (tertiary/aromatic N) is 3. The zero-order valence-electron chi connectivity index (χ0n) is 21.5. The lowest BCUT2D eigenvalue weighted by atomic mass is 9.73. The number of likely N-dealkylation sites (tertiary alicyclic amines) is 1. The van der Waals surface area contributed by atoms with Gasteiger partial charge in [0.2, 0.25) is 5.91 Å². The molecular formula is C28H40N4O3. The van der Waals surface area contributed by atoms with Gasteiger partial charge in [-0.2, -0.15) is 0 Å². The number of carbonyl (C=O) groups excluding carboxylic acids is 3. The van der Waals surface area contributed by atoms with E-state index in [1.807, 2.05) is 31.1 Å². The van der Waals surface area contributed by atoms with E-state index < -0.39 is 5.54 Å². The molecule has 35 heavy (non-hydrogen) atoms. The Hall–Kier alpha value is -2.67. The highest BCUT2D eigenvalue weighted by atomic mass is 16.2. The van der Waals surface area contributed by atoms with Gasteiger partial charge in [-0.15, -0.1) is 0 Å². The summed E-state index contributed by atoms with van der Waals surface area (Å²) in [6.45, 7) is 4.54. The van der Waals surface area contributed by atoms with Gasteiger partial charge in [0.15, 0.2) is 0 Å². The van der Waals surface area contributed by atoms with E-state index in [1.54, 1.807) is 0 Å². The first-order chi connectivity index (χ1) is 16.8. The van der Waals surface area contributed by atoms with Crippen LogP contribution in [-0.4, -0.2) is 78.4 Å². The first kappa shape index (κ1) is 25.4. The van der Waals surface area contributed by atoms with Crippen molar-refractivity contribution in [3.05, 3.63) is 47.0 Å². The van der Waals surface area contributed by atoms with E-state index in [4.69, 9.17) is 0 Å². The topological polar surface area (TPSA) is 73.0 Å². The number of imide groups is 1. The molecule has 190 valence electrons. The van der Waals surface area contributed by atoms with Crippen LogP contribution >= 0.6 is 0 Å². The van der Waals surface area contributed by atoms with Gasteiger partial charge < -0.3 is 15.1 Å². The molecule has 1 N–H and O–H groups in total.